The molecule has 0 saturated carbocycles. The quantitative estimate of drug-likeness (QED) is 0.320. The zero-order chi connectivity index (χ0) is 19.2. The number of nitro groups is 1. The number of nitrogens with two attached hydrogens (primary N) is 1. The molecule has 1 heterocycles. The molecule has 0 radical (unpaired) electrons. The van der Waals surface area contributed by atoms with Crippen molar-refractivity contribution in [1.29, 1.82) is 0 Å². The molecule has 7 heteroatoms. The van der Waals surface area contributed by atoms with Crippen LogP contribution < -0.4 is 5.73 Å². The average Bonchev–Trinajstić information content (AvgIpc) is 2.68. The fraction of sp³-hybridized carbons (Fsp3) is 0.0500. The van der Waals surface area contributed by atoms with Crippen LogP contribution in [-0.4, -0.2) is 22.0 Å². The van der Waals surface area contributed by atoms with E-state index in [9.17, 15) is 10.1 Å². The number of amidine groups is 1. The summed E-state index contributed by atoms with van der Waals surface area (Å²) < 4.78 is 0. The summed E-state index contributed by atoms with van der Waals surface area (Å²) in [6, 6.07) is 15.6. The van der Waals surface area contributed by atoms with Crippen LogP contribution in [0.4, 0.5) is 17.1 Å². The highest BCUT2D eigenvalue weighted by Crippen LogP contribution is 2.25. The molecule has 0 aliphatic carbocycles. The lowest BCUT2D eigenvalue weighted by Gasteiger charge is -2.06. The zero-order valence-electron chi connectivity index (χ0n) is 14.6. The molecule has 0 saturated heterocycles. The van der Waals surface area contributed by atoms with Crippen molar-refractivity contribution in [2.75, 3.05) is 0 Å². The second-order valence-corrected chi connectivity index (χ2v) is 5.79. The smallest absolute Gasteiger partial charge is 0.269 e. The fourth-order valence-corrected chi connectivity index (χ4v) is 2.47. The van der Waals surface area contributed by atoms with E-state index >= 15 is 0 Å². The van der Waals surface area contributed by atoms with Crippen molar-refractivity contribution in [3.63, 3.8) is 0 Å². The summed E-state index contributed by atoms with van der Waals surface area (Å²) in [5, 5.41) is 10.9. The number of pyridine rings is 1. The summed E-state index contributed by atoms with van der Waals surface area (Å²) in [5.74, 6) is 0.283. The van der Waals surface area contributed by atoms with Crippen LogP contribution in [-0.2, 0) is 0 Å². The van der Waals surface area contributed by atoms with Crippen LogP contribution in [0.1, 0.15) is 16.7 Å². The third kappa shape index (κ3) is 4.40. The number of hydrogen-bond donors (Lipinski definition) is 1. The van der Waals surface area contributed by atoms with Crippen LogP contribution in [0.25, 0.3) is 0 Å². The summed E-state index contributed by atoms with van der Waals surface area (Å²) in [7, 11) is 0. The van der Waals surface area contributed by atoms with E-state index in [-0.39, 0.29) is 11.5 Å². The molecule has 7 nitrogen and oxygen atoms in total. The van der Waals surface area contributed by atoms with E-state index in [2.05, 4.69) is 15.0 Å². The summed E-state index contributed by atoms with van der Waals surface area (Å²) in [4.78, 5) is 23.4. The van der Waals surface area contributed by atoms with E-state index in [1.54, 1.807) is 31.6 Å². The van der Waals surface area contributed by atoms with Crippen molar-refractivity contribution in [2.24, 2.45) is 15.7 Å². The van der Waals surface area contributed by atoms with Crippen LogP contribution in [0.3, 0.4) is 0 Å². The van der Waals surface area contributed by atoms with E-state index in [0.717, 1.165) is 5.56 Å². The van der Waals surface area contributed by atoms with Crippen molar-refractivity contribution in [1.82, 2.24) is 4.98 Å². The number of para-hydroxylation sites is 1. The van der Waals surface area contributed by atoms with Gasteiger partial charge in [-0.15, -0.1) is 0 Å². The molecule has 0 amide bonds. The minimum atomic E-state index is -0.438. The van der Waals surface area contributed by atoms with Gasteiger partial charge in [-0.3, -0.25) is 20.1 Å². The maximum Gasteiger partial charge on any atom is 0.269 e. The number of nitrogens with zero attached hydrogens (tertiary/aromatic N) is 4. The second-order valence-electron chi connectivity index (χ2n) is 5.79. The van der Waals surface area contributed by atoms with Crippen molar-refractivity contribution in [2.45, 2.75) is 6.92 Å². The molecule has 0 aliphatic heterocycles. The molecule has 0 fully saturated rings. The molecule has 27 heavy (non-hydrogen) atoms. The normalized spacial score (nSPS) is 11.7. The number of nitro benzene ring substituents is 1. The summed E-state index contributed by atoms with van der Waals surface area (Å²) >= 11 is 0. The third-order valence-corrected chi connectivity index (χ3v) is 3.85. The van der Waals surface area contributed by atoms with Gasteiger partial charge in [0.25, 0.3) is 5.69 Å². The Hall–Kier alpha value is -3.87. The molecule has 0 spiro atoms. The predicted molar refractivity (Wildman–Crippen MR) is 106 cm³/mol. The lowest BCUT2D eigenvalue weighted by atomic mass is 10.1. The van der Waals surface area contributed by atoms with E-state index in [4.69, 9.17) is 5.73 Å². The van der Waals surface area contributed by atoms with Gasteiger partial charge in [0.1, 0.15) is 5.84 Å². The Balaban J connectivity index is 1.93. The van der Waals surface area contributed by atoms with Gasteiger partial charge in [-0.1, -0.05) is 18.2 Å². The van der Waals surface area contributed by atoms with Gasteiger partial charge >= 0.3 is 0 Å². The van der Waals surface area contributed by atoms with Crippen molar-refractivity contribution in [3.8, 4) is 0 Å². The molecule has 0 atom stereocenters. The first-order chi connectivity index (χ1) is 13.0. The first-order valence-electron chi connectivity index (χ1n) is 8.17. The fourth-order valence-electron chi connectivity index (χ4n) is 2.47. The van der Waals surface area contributed by atoms with Crippen LogP contribution in [0, 0.1) is 17.0 Å². The molecule has 1 aromatic heterocycles. The number of aliphatic imine (C=N–C) groups is 2. The molecule has 2 N–H and O–H groups in total. The van der Waals surface area contributed by atoms with Crippen molar-refractivity contribution < 1.29 is 4.92 Å². The lowest BCUT2D eigenvalue weighted by molar-refractivity contribution is -0.384. The standard InChI is InChI=1S/C20H17N5O2/c1-14-11-16(25(26)27)8-9-18(14)24-20(21)17-6-2-3-7-19(17)23-13-15-5-4-10-22-12-15/h2-13H,1H3,(H2,21,24). The molecule has 134 valence electrons. The van der Waals surface area contributed by atoms with Crippen LogP contribution in [0.2, 0.25) is 0 Å². The lowest BCUT2D eigenvalue weighted by Crippen LogP contribution is -2.13. The summed E-state index contributed by atoms with van der Waals surface area (Å²) in [5.41, 5.74) is 9.67. The van der Waals surface area contributed by atoms with Gasteiger partial charge in [0.15, 0.2) is 0 Å². The first-order valence-corrected chi connectivity index (χ1v) is 8.17. The Kier molecular flexibility index (Phi) is 5.32. The van der Waals surface area contributed by atoms with E-state index in [1.165, 1.54) is 12.1 Å². The van der Waals surface area contributed by atoms with Crippen molar-refractivity contribution in [3.05, 3.63) is 93.8 Å². The van der Waals surface area contributed by atoms with Gasteiger partial charge < -0.3 is 5.73 Å². The topological polar surface area (TPSA) is 107 Å². The largest absolute Gasteiger partial charge is 0.383 e. The highest BCUT2D eigenvalue weighted by molar-refractivity contribution is 6.04. The van der Waals surface area contributed by atoms with Gasteiger partial charge in [0, 0.05) is 41.9 Å². The monoisotopic (exact) mass is 359 g/mol. The Labute approximate surface area is 156 Å². The Morgan fingerprint density at radius 3 is 2.67 bits per heavy atom. The van der Waals surface area contributed by atoms with Crippen molar-refractivity contribution >= 4 is 29.1 Å². The molecule has 0 bridgehead atoms. The van der Waals surface area contributed by atoms with Gasteiger partial charge in [-0.05, 0) is 36.8 Å². The first kappa shape index (κ1) is 17.9. The Morgan fingerprint density at radius 1 is 1.15 bits per heavy atom. The number of benzene rings is 2. The zero-order valence-corrected chi connectivity index (χ0v) is 14.6. The van der Waals surface area contributed by atoms with E-state index in [1.807, 2.05) is 36.4 Å². The molecule has 3 rings (SSSR count). The van der Waals surface area contributed by atoms with Gasteiger partial charge in [-0.25, -0.2) is 4.99 Å². The molecule has 2 aromatic carbocycles. The van der Waals surface area contributed by atoms with E-state index < -0.39 is 4.92 Å². The molecule has 0 unspecified atom stereocenters. The molecular formula is C20H17N5O2. The Morgan fingerprint density at radius 2 is 1.96 bits per heavy atom. The van der Waals surface area contributed by atoms with Gasteiger partial charge in [-0.2, -0.15) is 0 Å². The number of aryl methyl sites for hydroxylation is 1. The molecular weight excluding hydrogens is 342 g/mol. The number of non-ortho nitro benzene ring substituents is 1. The maximum atomic E-state index is 10.9. The average molecular weight is 359 g/mol. The minimum Gasteiger partial charge on any atom is -0.383 e. The maximum absolute atomic E-state index is 10.9. The molecule has 0 aliphatic rings. The highest BCUT2D eigenvalue weighted by Gasteiger charge is 2.10. The summed E-state index contributed by atoms with van der Waals surface area (Å²) in [6.07, 6.45) is 5.11. The van der Waals surface area contributed by atoms with Gasteiger partial charge in [0.05, 0.1) is 16.3 Å². The number of hydrogen-bond acceptors (Lipinski definition) is 5. The summed E-state index contributed by atoms with van der Waals surface area (Å²) in [6.45, 7) is 1.76. The number of rotatable bonds is 5. The SMILES string of the molecule is Cc1cc([N+](=O)[O-])ccc1N=C(N)c1ccccc1N=Cc1cccnc1. The minimum absolute atomic E-state index is 0.0199. The van der Waals surface area contributed by atoms with Crippen LogP contribution in [0.5, 0.6) is 0 Å². The van der Waals surface area contributed by atoms with Gasteiger partial charge in [0.2, 0.25) is 0 Å². The van der Waals surface area contributed by atoms with Crippen LogP contribution in [0.15, 0.2) is 77.0 Å². The second kappa shape index (κ2) is 8.01. The number of aromatic nitrogens is 1. The molecule has 3 aromatic rings. The highest BCUT2D eigenvalue weighted by atomic mass is 16.6. The Bertz CT molecular complexity index is 1030. The third-order valence-electron chi connectivity index (χ3n) is 3.85. The predicted octanol–water partition coefficient (Wildman–Crippen LogP) is 4.09. The van der Waals surface area contributed by atoms with Crippen LogP contribution >= 0.6 is 0 Å². The van der Waals surface area contributed by atoms with E-state index in [0.29, 0.717) is 22.5 Å².